The lowest BCUT2D eigenvalue weighted by Gasteiger charge is -2.37. The molecule has 2 saturated heterocycles. The molecule has 0 radical (unpaired) electrons. The van der Waals surface area contributed by atoms with Crippen LogP contribution in [-0.4, -0.2) is 87.6 Å². The zero-order valence-electron chi connectivity index (χ0n) is 18.9. The molecule has 1 aromatic heterocycles. The number of nitrogens with zero attached hydrogens (tertiary/aromatic N) is 4. The normalized spacial score (nSPS) is 22.2. The highest BCUT2D eigenvalue weighted by Gasteiger charge is 2.24. The van der Waals surface area contributed by atoms with Crippen molar-refractivity contribution >= 4 is 11.8 Å². The van der Waals surface area contributed by atoms with Gasteiger partial charge in [-0.1, -0.05) is 19.9 Å². The third-order valence-electron chi connectivity index (χ3n) is 5.82. The van der Waals surface area contributed by atoms with Gasteiger partial charge in [-0.25, -0.2) is 4.98 Å². The second kappa shape index (κ2) is 11.5. The van der Waals surface area contributed by atoms with Crippen molar-refractivity contribution in [1.29, 1.82) is 0 Å². The Morgan fingerprint density at radius 1 is 1.20 bits per heavy atom. The Labute approximate surface area is 181 Å². The molecule has 0 aromatic carbocycles. The fraction of sp³-hybridized carbons (Fsp3) is 0.727. The van der Waals surface area contributed by atoms with E-state index in [-0.39, 0.29) is 6.10 Å². The van der Waals surface area contributed by atoms with Gasteiger partial charge in [-0.3, -0.25) is 9.89 Å². The average Bonchev–Trinajstić information content (AvgIpc) is 2.77. The van der Waals surface area contributed by atoms with Crippen molar-refractivity contribution in [2.45, 2.75) is 39.5 Å². The van der Waals surface area contributed by atoms with Gasteiger partial charge < -0.3 is 25.0 Å². The van der Waals surface area contributed by atoms with Gasteiger partial charge in [-0.05, 0) is 24.5 Å². The summed E-state index contributed by atoms with van der Waals surface area (Å²) >= 11 is 0. The van der Waals surface area contributed by atoms with E-state index in [0.29, 0.717) is 18.5 Å². The molecule has 2 aliphatic heterocycles. The zero-order valence-corrected chi connectivity index (χ0v) is 18.9. The van der Waals surface area contributed by atoms with Crippen LogP contribution in [-0.2, 0) is 16.0 Å². The van der Waals surface area contributed by atoms with Gasteiger partial charge in [0, 0.05) is 58.6 Å². The van der Waals surface area contributed by atoms with Crippen molar-refractivity contribution in [1.82, 2.24) is 20.5 Å². The highest BCUT2D eigenvalue weighted by Crippen LogP contribution is 2.15. The molecule has 2 atom stereocenters. The first-order chi connectivity index (χ1) is 14.6. The summed E-state index contributed by atoms with van der Waals surface area (Å²) in [5.74, 6) is 2.40. The summed E-state index contributed by atoms with van der Waals surface area (Å²) in [6.07, 6.45) is 2.20. The number of aromatic nitrogens is 1. The largest absolute Gasteiger partial charge is 0.379 e. The fourth-order valence-electron chi connectivity index (χ4n) is 4.04. The summed E-state index contributed by atoms with van der Waals surface area (Å²) < 4.78 is 11.1. The van der Waals surface area contributed by atoms with Crippen LogP contribution in [0.25, 0.3) is 0 Å². The van der Waals surface area contributed by atoms with Crippen LogP contribution >= 0.6 is 0 Å². The number of aliphatic imine (C=N–C) groups is 1. The van der Waals surface area contributed by atoms with Crippen LogP contribution in [0.4, 0.5) is 5.82 Å². The van der Waals surface area contributed by atoms with E-state index in [1.165, 1.54) is 0 Å². The van der Waals surface area contributed by atoms with Gasteiger partial charge in [0.05, 0.1) is 25.9 Å². The molecular formula is C22H38N6O2. The van der Waals surface area contributed by atoms with Crippen molar-refractivity contribution < 1.29 is 9.47 Å². The number of hydrogen-bond acceptors (Lipinski definition) is 6. The molecule has 1 aromatic rings. The number of morpholine rings is 2. The van der Waals surface area contributed by atoms with E-state index in [0.717, 1.165) is 69.9 Å². The number of guanidine groups is 1. The molecular weight excluding hydrogens is 380 g/mol. The van der Waals surface area contributed by atoms with Crippen LogP contribution in [0.1, 0.15) is 26.3 Å². The summed E-state index contributed by atoms with van der Waals surface area (Å²) in [7, 11) is 1.81. The number of hydrogen-bond donors (Lipinski definition) is 2. The molecule has 168 valence electrons. The van der Waals surface area contributed by atoms with Crippen LogP contribution in [0.5, 0.6) is 0 Å². The molecule has 2 N–H and O–H groups in total. The lowest BCUT2D eigenvalue weighted by atomic mass is 10.0. The molecule has 2 aliphatic rings. The molecule has 0 bridgehead atoms. The van der Waals surface area contributed by atoms with Gasteiger partial charge in [-0.15, -0.1) is 0 Å². The summed E-state index contributed by atoms with van der Waals surface area (Å²) in [4.78, 5) is 13.8. The van der Waals surface area contributed by atoms with Gasteiger partial charge in [-0.2, -0.15) is 0 Å². The Hall–Kier alpha value is -1.90. The van der Waals surface area contributed by atoms with E-state index in [1.54, 1.807) is 0 Å². The van der Waals surface area contributed by atoms with E-state index < -0.39 is 0 Å². The molecule has 0 aliphatic carbocycles. The van der Waals surface area contributed by atoms with Crippen LogP contribution in [0, 0.1) is 5.92 Å². The van der Waals surface area contributed by atoms with E-state index in [4.69, 9.17) is 9.47 Å². The van der Waals surface area contributed by atoms with E-state index in [1.807, 2.05) is 13.2 Å². The number of pyridine rings is 1. The molecule has 0 spiro atoms. The molecule has 30 heavy (non-hydrogen) atoms. The van der Waals surface area contributed by atoms with Crippen LogP contribution in [0.3, 0.4) is 0 Å². The summed E-state index contributed by atoms with van der Waals surface area (Å²) in [6, 6.07) is 4.69. The molecule has 3 heterocycles. The first-order valence-corrected chi connectivity index (χ1v) is 11.1. The number of anilines is 1. The predicted molar refractivity (Wildman–Crippen MR) is 121 cm³/mol. The predicted octanol–water partition coefficient (Wildman–Crippen LogP) is 1.33. The molecule has 2 fully saturated rings. The Kier molecular flexibility index (Phi) is 8.72. The molecule has 8 heteroatoms. The van der Waals surface area contributed by atoms with Crippen molar-refractivity contribution in [3.63, 3.8) is 0 Å². The quantitative estimate of drug-likeness (QED) is 0.511. The van der Waals surface area contributed by atoms with Crippen molar-refractivity contribution in [2.75, 3.05) is 64.5 Å². The van der Waals surface area contributed by atoms with Crippen molar-refractivity contribution in [3.8, 4) is 0 Å². The summed E-state index contributed by atoms with van der Waals surface area (Å²) in [5, 5.41) is 6.91. The van der Waals surface area contributed by atoms with E-state index in [9.17, 15) is 0 Å². The van der Waals surface area contributed by atoms with E-state index in [2.05, 4.69) is 63.3 Å². The Morgan fingerprint density at radius 3 is 2.63 bits per heavy atom. The van der Waals surface area contributed by atoms with Gasteiger partial charge >= 0.3 is 0 Å². The van der Waals surface area contributed by atoms with Crippen LogP contribution < -0.4 is 15.5 Å². The van der Waals surface area contributed by atoms with Gasteiger partial charge in [0.25, 0.3) is 0 Å². The first-order valence-electron chi connectivity index (χ1n) is 11.1. The number of ether oxygens (including phenoxy) is 2. The lowest BCUT2D eigenvalue weighted by molar-refractivity contribution is 0.00752. The smallest absolute Gasteiger partial charge is 0.191 e. The third-order valence-corrected chi connectivity index (χ3v) is 5.82. The van der Waals surface area contributed by atoms with E-state index >= 15 is 0 Å². The molecule has 0 saturated carbocycles. The molecule has 8 nitrogen and oxygen atoms in total. The average molecular weight is 419 g/mol. The zero-order chi connectivity index (χ0) is 21.3. The highest BCUT2D eigenvalue weighted by molar-refractivity contribution is 5.79. The lowest BCUT2D eigenvalue weighted by Crippen LogP contribution is -2.52. The van der Waals surface area contributed by atoms with Crippen LogP contribution in [0.2, 0.25) is 0 Å². The molecule has 3 rings (SSSR count). The third kappa shape index (κ3) is 6.55. The molecule has 0 amide bonds. The highest BCUT2D eigenvalue weighted by atomic mass is 16.5. The maximum atomic E-state index is 5.61. The maximum Gasteiger partial charge on any atom is 0.191 e. The van der Waals surface area contributed by atoms with Gasteiger partial charge in [0.2, 0.25) is 0 Å². The topological polar surface area (TPSA) is 74.2 Å². The summed E-state index contributed by atoms with van der Waals surface area (Å²) in [5.41, 5.74) is 1.14. The Bertz CT molecular complexity index is 660. The van der Waals surface area contributed by atoms with Crippen LogP contribution in [0.15, 0.2) is 23.3 Å². The van der Waals surface area contributed by atoms with Crippen molar-refractivity contribution in [2.24, 2.45) is 10.9 Å². The minimum atomic E-state index is 0.253. The van der Waals surface area contributed by atoms with Gasteiger partial charge in [0.1, 0.15) is 5.82 Å². The SMILES string of the molecule is CN=C(NCc1ccc(N2CCOC(C)C2)nc1)NCC(C(C)C)N1CCOCC1. The Balaban J connectivity index is 1.47. The van der Waals surface area contributed by atoms with Gasteiger partial charge in [0.15, 0.2) is 5.96 Å². The van der Waals surface area contributed by atoms with Crippen molar-refractivity contribution in [3.05, 3.63) is 23.9 Å². The molecule has 2 unspecified atom stereocenters. The monoisotopic (exact) mass is 418 g/mol. The number of nitrogens with one attached hydrogen (secondary N) is 2. The second-order valence-corrected chi connectivity index (χ2v) is 8.42. The summed E-state index contributed by atoms with van der Waals surface area (Å²) in [6.45, 7) is 14.4. The number of rotatable bonds is 7. The minimum absolute atomic E-state index is 0.253. The standard InChI is InChI=1S/C22H38N6O2/c1-17(2)20(27-7-10-29-11-8-27)15-26-22(23-4)25-14-19-5-6-21(24-13-19)28-9-12-30-18(3)16-28/h5-6,13,17-18,20H,7-12,14-16H2,1-4H3,(H2,23,25,26). The Morgan fingerprint density at radius 2 is 2.00 bits per heavy atom. The second-order valence-electron chi connectivity index (χ2n) is 8.42. The minimum Gasteiger partial charge on any atom is -0.379 e. The fourth-order valence-corrected chi connectivity index (χ4v) is 4.04. The maximum absolute atomic E-state index is 5.61. The first kappa shape index (κ1) is 22.8.